The Morgan fingerprint density at radius 1 is 1.48 bits per heavy atom. The van der Waals surface area contributed by atoms with Crippen molar-refractivity contribution in [3.8, 4) is 0 Å². The number of ether oxygens (including phenoxy) is 1. The van der Waals surface area contributed by atoms with Gasteiger partial charge in [-0.1, -0.05) is 12.1 Å². The predicted molar refractivity (Wildman–Crippen MR) is 80.8 cm³/mol. The molecule has 115 valence electrons. The van der Waals surface area contributed by atoms with Crippen LogP contribution in [0.3, 0.4) is 0 Å². The summed E-state index contributed by atoms with van der Waals surface area (Å²) >= 11 is 0. The lowest BCUT2D eigenvalue weighted by molar-refractivity contribution is 0.0509. The van der Waals surface area contributed by atoms with Gasteiger partial charge in [-0.2, -0.15) is 0 Å². The number of amides is 1. The molecule has 4 nitrogen and oxygen atoms in total. The smallest absolute Gasteiger partial charge is 0.407 e. The van der Waals surface area contributed by atoms with Gasteiger partial charge in [-0.25, -0.2) is 9.18 Å². The van der Waals surface area contributed by atoms with Crippen LogP contribution in [0.15, 0.2) is 18.2 Å². The summed E-state index contributed by atoms with van der Waals surface area (Å²) < 4.78 is 19.2. The Balaban J connectivity index is 1.97. The van der Waals surface area contributed by atoms with E-state index in [1.54, 1.807) is 12.1 Å². The van der Waals surface area contributed by atoms with Crippen molar-refractivity contribution in [1.82, 2.24) is 5.32 Å². The van der Waals surface area contributed by atoms with Crippen LogP contribution in [0.2, 0.25) is 0 Å². The van der Waals surface area contributed by atoms with Crippen molar-refractivity contribution in [1.29, 1.82) is 0 Å². The van der Waals surface area contributed by atoms with Gasteiger partial charge < -0.3 is 15.0 Å². The molecule has 0 bridgehead atoms. The van der Waals surface area contributed by atoms with Gasteiger partial charge >= 0.3 is 6.09 Å². The van der Waals surface area contributed by atoms with Crippen molar-refractivity contribution in [2.24, 2.45) is 0 Å². The first-order valence-electron chi connectivity index (χ1n) is 7.11. The lowest BCUT2D eigenvalue weighted by Crippen LogP contribution is -2.40. The number of nitrogens with zero attached hydrogens (tertiary/aromatic N) is 1. The van der Waals surface area contributed by atoms with Crippen LogP contribution in [-0.4, -0.2) is 30.8 Å². The number of halogens is 1. The fourth-order valence-corrected chi connectivity index (χ4v) is 2.47. The van der Waals surface area contributed by atoms with Gasteiger partial charge in [0.05, 0.1) is 11.7 Å². The molecule has 1 aliphatic heterocycles. The molecule has 0 spiro atoms. The van der Waals surface area contributed by atoms with E-state index >= 15 is 0 Å². The molecule has 2 rings (SSSR count). The fraction of sp³-hybridized carbons (Fsp3) is 0.500. The molecule has 1 fully saturated rings. The molecule has 1 heterocycles. The Morgan fingerprint density at radius 3 is 2.81 bits per heavy atom. The number of carbonyl (C=O) groups excluding carboxylic acids is 1. The fourth-order valence-electron chi connectivity index (χ4n) is 2.47. The van der Waals surface area contributed by atoms with Crippen LogP contribution in [-0.2, 0) is 4.74 Å². The van der Waals surface area contributed by atoms with Crippen LogP contribution >= 0.6 is 0 Å². The number of anilines is 1. The minimum atomic E-state index is -0.519. The third kappa shape index (κ3) is 4.09. The van der Waals surface area contributed by atoms with Crippen molar-refractivity contribution in [2.75, 3.05) is 18.0 Å². The molecule has 1 atom stereocenters. The minimum absolute atomic E-state index is 0.0427. The Morgan fingerprint density at radius 2 is 2.19 bits per heavy atom. The second kappa shape index (κ2) is 5.92. The Kier molecular flexibility index (Phi) is 4.40. The highest BCUT2D eigenvalue weighted by molar-refractivity contribution is 5.68. The summed E-state index contributed by atoms with van der Waals surface area (Å²) in [6.45, 7) is 10.6. The highest BCUT2D eigenvalue weighted by atomic mass is 19.1. The van der Waals surface area contributed by atoms with Crippen LogP contribution in [0.25, 0.3) is 0 Å². The monoisotopic (exact) mass is 293 g/mol. The predicted octanol–water partition coefficient (Wildman–Crippen LogP) is 3.11. The molecule has 1 aromatic rings. The molecule has 1 saturated heterocycles. The highest BCUT2D eigenvalue weighted by Gasteiger charge is 2.28. The number of hydrogen-bond acceptors (Lipinski definition) is 3. The van der Waals surface area contributed by atoms with E-state index in [9.17, 15) is 9.18 Å². The van der Waals surface area contributed by atoms with E-state index < -0.39 is 11.7 Å². The second-order valence-electron chi connectivity index (χ2n) is 6.33. The average Bonchev–Trinajstić information content (AvgIpc) is 2.74. The lowest BCUT2D eigenvalue weighted by atomic mass is 10.2. The molecule has 0 aromatic heterocycles. The van der Waals surface area contributed by atoms with Crippen molar-refractivity contribution in [2.45, 2.75) is 38.8 Å². The van der Waals surface area contributed by atoms with E-state index in [1.807, 2.05) is 25.7 Å². The molecular formula is C16H22FN2O2. The SMILES string of the molecule is [CH2]c1cccc(F)c1N1CC[C@H](NC(=O)OC(C)(C)C)C1. The molecule has 1 radical (unpaired) electrons. The van der Waals surface area contributed by atoms with E-state index in [0.29, 0.717) is 24.3 Å². The molecule has 0 aliphatic carbocycles. The van der Waals surface area contributed by atoms with Crippen molar-refractivity contribution in [3.63, 3.8) is 0 Å². The molecule has 0 saturated carbocycles. The van der Waals surface area contributed by atoms with Crippen LogP contribution in [0, 0.1) is 12.7 Å². The van der Waals surface area contributed by atoms with Crippen LogP contribution in [0.4, 0.5) is 14.9 Å². The van der Waals surface area contributed by atoms with Crippen molar-refractivity contribution < 1.29 is 13.9 Å². The number of para-hydroxylation sites is 1. The van der Waals surface area contributed by atoms with Crippen LogP contribution in [0.1, 0.15) is 32.8 Å². The van der Waals surface area contributed by atoms with E-state index in [1.165, 1.54) is 6.07 Å². The normalized spacial score (nSPS) is 18.7. The number of carbonyl (C=O) groups is 1. The number of rotatable bonds is 2. The average molecular weight is 293 g/mol. The van der Waals surface area contributed by atoms with Gasteiger partial charge in [-0.05, 0) is 45.7 Å². The zero-order valence-corrected chi connectivity index (χ0v) is 12.8. The van der Waals surface area contributed by atoms with E-state index in [4.69, 9.17) is 4.74 Å². The Bertz CT molecular complexity index is 505. The first-order valence-corrected chi connectivity index (χ1v) is 7.11. The van der Waals surface area contributed by atoms with E-state index in [2.05, 4.69) is 12.2 Å². The molecule has 1 aliphatic rings. The maximum absolute atomic E-state index is 13.9. The van der Waals surface area contributed by atoms with Gasteiger partial charge in [0.25, 0.3) is 0 Å². The first kappa shape index (κ1) is 15.6. The quantitative estimate of drug-likeness (QED) is 0.911. The largest absolute Gasteiger partial charge is 0.444 e. The molecule has 5 heteroatoms. The summed E-state index contributed by atoms with van der Waals surface area (Å²) in [7, 11) is 0. The summed E-state index contributed by atoms with van der Waals surface area (Å²) in [4.78, 5) is 13.7. The molecule has 0 unspecified atom stereocenters. The van der Waals surface area contributed by atoms with Crippen LogP contribution < -0.4 is 10.2 Å². The van der Waals surface area contributed by atoms with Crippen molar-refractivity contribution in [3.05, 3.63) is 36.5 Å². The Labute approximate surface area is 125 Å². The van der Waals surface area contributed by atoms with Gasteiger partial charge in [-0.15, -0.1) is 0 Å². The molecule has 1 amide bonds. The van der Waals surface area contributed by atoms with Gasteiger partial charge in [0.2, 0.25) is 0 Å². The number of alkyl carbamates (subject to hydrolysis) is 1. The van der Waals surface area contributed by atoms with Crippen LogP contribution in [0.5, 0.6) is 0 Å². The molecule has 1 aromatic carbocycles. The number of hydrogen-bond donors (Lipinski definition) is 1. The molecule has 21 heavy (non-hydrogen) atoms. The summed E-state index contributed by atoms with van der Waals surface area (Å²) in [5.74, 6) is -0.277. The summed E-state index contributed by atoms with van der Waals surface area (Å²) in [6.07, 6.45) is 0.324. The third-order valence-corrected chi connectivity index (χ3v) is 3.30. The zero-order chi connectivity index (χ0) is 15.6. The summed E-state index contributed by atoms with van der Waals surface area (Å²) in [6, 6.07) is 4.82. The van der Waals surface area contributed by atoms with E-state index in [0.717, 1.165) is 6.42 Å². The maximum Gasteiger partial charge on any atom is 0.407 e. The number of benzene rings is 1. The lowest BCUT2D eigenvalue weighted by Gasteiger charge is -2.23. The highest BCUT2D eigenvalue weighted by Crippen LogP contribution is 2.27. The van der Waals surface area contributed by atoms with Crippen molar-refractivity contribution >= 4 is 11.8 Å². The third-order valence-electron chi connectivity index (χ3n) is 3.30. The second-order valence-corrected chi connectivity index (χ2v) is 6.33. The van der Waals surface area contributed by atoms with E-state index in [-0.39, 0.29) is 11.9 Å². The summed E-state index contributed by atoms with van der Waals surface area (Å²) in [5.41, 5.74) is 0.660. The Hall–Kier alpha value is -1.78. The zero-order valence-electron chi connectivity index (χ0n) is 12.8. The minimum Gasteiger partial charge on any atom is -0.444 e. The molecular weight excluding hydrogens is 271 g/mol. The standard InChI is InChI=1S/C16H22FN2O2/c1-11-6-5-7-13(17)14(11)19-9-8-12(10-19)18-15(20)21-16(2,3)4/h5-7,12H,1,8-10H2,2-4H3,(H,18,20)/t12-/m0/s1. The molecule has 1 N–H and O–H groups in total. The van der Waals surface area contributed by atoms with Gasteiger partial charge in [0.1, 0.15) is 11.4 Å². The first-order chi connectivity index (χ1) is 9.76. The van der Waals surface area contributed by atoms with Gasteiger partial charge in [-0.3, -0.25) is 0 Å². The summed E-state index contributed by atoms with van der Waals surface area (Å²) in [5, 5.41) is 2.83. The topological polar surface area (TPSA) is 41.6 Å². The van der Waals surface area contributed by atoms with Gasteiger partial charge in [0, 0.05) is 13.1 Å². The maximum atomic E-state index is 13.9. The van der Waals surface area contributed by atoms with Gasteiger partial charge in [0.15, 0.2) is 0 Å². The number of nitrogens with one attached hydrogen (secondary N) is 1.